The highest BCUT2D eigenvalue weighted by atomic mass is 16.3. The maximum absolute atomic E-state index is 11.0. The molecule has 1 aromatic rings. The molecular formula is C18H28O. The standard InChI is InChI=1S/C18H28O/c1-13(2)12-18(7-5-6-8-18)17(19)16-10-14(3)9-15(4)11-16/h9-11,13,17,19H,5-8,12H2,1-4H3. The van der Waals surface area contributed by atoms with Crippen LogP contribution in [0.1, 0.15) is 68.7 Å². The first-order chi connectivity index (χ1) is 8.93. The Labute approximate surface area is 118 Å². The first-order valence-corrected chi connectivity index (χ1v) is 7.69. The van der Waals surface area contributed by atoms with E-state index >= 15 is 0 Å². The van der Waals surface area contributed by atoms with Gasteiger partial charge in [-0.1, -0.05) is 56.0 Å². The summed E-state index contributed by atoms with van der Waals surface area (Å²) in [4.78, 5) is 0. The van der Waals surface area contributed by atoms with E-state index in [1.165, 1.54) is 36.8 Å². The van der Waals surface area contributed by atoms with E-state index in [9.17, 15) is 5.11 Å². The van der Waals surface area contributed by atoms with Crippen molar-refractivity contribution in [2.75, 3.05) is 0 Å². The van der Waals surface area contributed by atoms with Gasteiger partial charge in [-0.3, -0.25) is 0 Å². The van der Waals surface area contributed by atoms with E-state index in [0.717, 1.165) is 12.0 Å². The zero-order valence-electron chi connectivity index (χ0n) is 12.9. The van der Waals surface area contributed by atoms with Crippen molar-refractivity contribution in [3.05, 3.63) is 34.9 Å². The normalized spacial score (nSPS) is 19.9. The van der Waals surface area contributed by atoms with Gasteiger partial charge in [-0.2, -0.15) is 0 Å². The SMILES string of the molecule is Cc1cc(C)cc(C(O)C2(CC(C)C)CCCC2)c1. The summed E-state index contributed by atoms with van der Waals surface area (Å²) in [6.45, 7) is 8.78. The molecule has 1 saturated carbocycles. The molecular weight excluding hydrogens is 232 g/mol. The molecule has 0 bridgehead atoms. The van der Waals surface area contributed by atoms with Gasteiger partial charge in [-0.25, -0.2) is 0 Å². The Hall–Kier alpha value is -0.820. The lowest BCUT2D eigenvalue weighted by molar-refractivity contribution is 0.0111. The van der Waals surface area contributed by atoms with Crippen LogP contribution >= 0.6 is 0 Å². The van der Waals surface area contributed by atoms with Gasteiger partial charge >= 0.3 is 0 Å². The number of hydrogen-bond acceptors (Lipinski definition) is 1. The molecule has 1 heteroatoms. The van der Waals surface area contributed by atoms with E-state index in [-0.39, 0.29) is 11.5 Å². The van der Waals surface area contributed by atoms with Crippen molar-refractivity contribution < 1.29 is 5.11 Å². The first-order valence-electron chi connectivity index (χ1n) is 7.69. The van der Waals surface area contributed by atoms with Crippen LogP contribution in [0.15, 0.2) is 18.2 Å². The van der Waals surface area contributed by atoms with Crippen LogP contribution in [0.4, 0.5) is 0 Å². The minimum Gasteiger partial charge on any atom is -0.388 e. The van der Waals surface area contributed by atoms with Crippen LogP contribution in [0, 0.1) is 25.2 Å². The van der Waals surface area contributed by atoms with Gasteiger partial charge in [-0.05, 0) is 44.6 Å². The predicted molar refractivity (Wildman–Crippen MR) is 81.2 cm³/mol. The van der Waals surface area contributed by atoms with Crippen LogP contribution in [0.25, 0.3) is 0 Å². The number of rotatable bonds is 4. The monoisotopic (exact) mass is 260 g/mol. The zero-order chi connectivity index (χ0) is 14.0. The largest absolute Gasteiger partial charge is 0.388 e. The molecule has 19 heavy (non-hydrogen) atoms. The topological polar surface area (TPSA) is 20.2 Å². The highest BCUT2D eigenvalue weighted by Crippen LogP contribution is 2.51. The summed E-state index contributed by atoms with van der Waals surface area (Å²) in [6, 6.07) is 6.51. The Morgan fingerprint density at radius 3 is 2.05 bits per heavy atom. The van der Waals surface area contributed by atoms with Crippen LogP contribution in [-0.2, 0) is 0 Å². The second-order valence-corrected chi connectivity index (χ2v) is 6.99. The van der Waals surface area contributed by atoms with E-state index in [2.05, 4.69) is 45.9 Å². The zero-order valence-corrected chi connectivity index (χ0v) is 12.9. The van der Waals surface area contributed by atoms with E-state index in [4.69, 9.17) is 0 Å². The molecule has 106 valence electrons. The van der Waals surface area contributed by atoms with Crippen molar-refractivity contribution in [1.29, 1.82) is 0 Å². The third-order valence-electron chi connectivity index (χ3n) is 4.55. The van der Waals surface area contributed by atoms with Crippen molar-refractivity contribution >= 4 is 0 Å². The molecule has 1 N–H and O–H groups in total. The second-order valence-electron chi connectivity index (χ2n) is 6.99. The lowest BCUT2D eigenvalue weighted by Crippen LogP contribution is -2.28. The van der Waals surface area contributed by atoms with Gasteiger partial charge in [0.1, 0.15) is 0 Å². The third-order valence-corrected chi connectivity index (χ3v) is 4.55. The summed E-state index contributed by atoms with van der Waals surface area (Å²) < 4.78 is 0. The molecule has 1 aromatic carbocycles. The van der Waals surface area contributed by atoms with E-state index in [1.54, 1.807) is 0 Å². The molecule has 1 aliphatic rings. The van der Waals surface area contributed by atoms with Crippen LogP contribution in [0.5, 0.6) is 0 Å². The minimum atomic E-state index is -0.295. The molecule has 1 aliphatic carbocycles. The van der Waals surface area contributed by atoms with Crippen molar-refractivity contribution in [1.82, 2.24) is 0 Å². The number of aryl methyl sites for hydroxylation is 2. The Kier molecular flexibility index (Phi) is 4.35. The molecule has 0 saturated heterocycles. The fourth-order valence-corrected chi connectivity index (χ4v) is 4.00. The van der Waals surface area contributed by atoms with Crippen LogP contribution < -0.4 is 0 Å². The summed E-state index contributed by atoms with van der Waals surface area (Å²) in [5.74, 6) is 0.652. The van der Waals surface area contributed by atoms with E-state index in [0.29, 0.717) is 5.92 Å². The summed E-state index contributed by atoms with van der Waals surface area (Å²) in [7, 11) is 0. The van der Waals surface area contributed by atoms with E-state index < -0.39 is 0 Å². The molecule has 1 atom stereocenters. The first kappa shape index (κ1) is 14.6. The molecule has 0 radical (unpaired) electrons. The smallest absolute Gasteiger partial charge is 0.0846 e. The summed E-state index contributed by atoms with van der Waals surface area (Å²) in [5, 5.41) is 11.0. The maximum Gasteiger partial charge on any atom is 0.0846 e. The molecule has 0 spiro atoms. The average Bonchev–Trinajstić information content (AvgIpc) is 2.75. The van der Waals surface area contributed by atoms with E-state index in [1.807, 2.05) is 0 Å². The maximum atomic E-state index is 11.0. The van der Waals surface area contributed by atoms with Gasteiger partial charge in [-0.15, -0.1) is 0 Å². The highest BCUT2D eigenvalue weighted by molar-refractivity contribution is 5.31. The average molecular weight is 260 g/mol. The van der Waals surface area contributed by atoms with Crippen molar-refractivity contribution in [2.45, 2.75) is 65.9 Å². The third kappa shape index (κ3) is 3.20. The lowest BCUT2D eigenvalue weighted by Gasteiger charge is -2.36. The fraction of sp³-hybridized carbons (Fsp3) is 0.667. The summed E-state index contributed by atoms with van der Waals surface area (Å²) in [5.41, 5.74) is 3.76. The van der Waals surface area contributed by atoms with Gasteiger partial charge in [0.15, 0.2) is 0 Å². The van der Waals surface area contributed by atoms with Gasteiger partial charge in [0.2, 0.25) is 0 Å². The Morgan fingerprint density at radius 1 is 1.05 bits per heavy atom. The molecule has 2 rings (SSSR count). The second kappa shape index (κ2) is 5.66. The molecule has 0 heterocycles. The van der Waals surface area contributed by atoms with Gasteiger partial charge < -0.3 is 5.11 Å². The van der Waals surface area contributed by atoms with Gasteiger partial charge in [0, 0.05) is 5.41 Å². The van der Waals surface area contributed by atoms with Crippen LogP contribution in [0.3, 0.4) is 0 Å². The number of hydrogen-bond donors (Lipinski definition) is 1. The molecule has 0 aliphatic heterocycles. The van der Waals surface area contributed by atoms with Crippen LogP contribution in [-0.4, -0.2) is 5.11 Å². The van der Waals surface area contributed by atoms with Gasteiger partial charge in [0.05, 0.1) is 6.10 Å². The lowest BCUT2D eigenvalue weighted by atomic mass is 9.71. The summed E-state index contributed by atoms with van der Waals surface area (Å²) in [6.07, 6.45) is 5.75. The minimum absolute atomic E-state index is 0.119. The van der Waals surface area contributed by atoms with Gasteiger partial charge in [0.25, 0.3) is 0 Å². The molecule has 0 aromatic heterocycles. The Balaban J connectivity index is 2.31. The summed E-state index contributed by atoms with van der Waals surface area (Å²) >= 11 is 0. The Bertz CT molecular complexity index is 407. The molecule has 1 nitrogen and oxygen atoms in total. The van der Waals surface area contributed by atoms with Crippen molar-refractivity contribution in [3.63, 3.8) is 0 Å². The van der Waals surface area contributed by atoms with Crippen molar-refractivity contribution in [3.8, 4) is 0 Å². The molecule has 1 fully saturated rings. The molecule has 1 unspecified atom stereocenters. The van der Waals surface area contributed by atoms with Crippen LogP contribution in [0.2, 0.25) is 0 Å². The predicted octanol–water partition coefficient (Wildman–Crippen LogP) is 4.94. The number of aliphatic hydroxyl groups excluding tert-OH is 1. The number of benzene rings is 1. The highest BCUT2D eigenvalue weighted by Gasteiger charge is 2.41. The molecule has 0 amide bonds. The quantitative estimate of drug-likeness (QED) is 0.812. The fourth-order valence-electron chi connectivity index (χ4n) is 4.00. The Morgan fingerprint density at radius 2 is 1.58 bits per heavy atom. The number of aliphatic hydroxyl groups is 1. The van der Waals surface area contributed by atoms with Crippen molar-refractivity contribution in [2.24, 2.45) is 11.3 Å².